The van der Waals surface area contributed by atoms with Gasteiger partial charge in [-0.3, -0.25) is 20.2 Å². The summed E-state index contributed by atoms with van der Waals surface area (Å²) in [6, 6.07) is 6.38. The monoisotopic (exact) mass is 475 g/mol. The average Bonchev–Trinajstić information content (AvgIpc) is 2.72. The molecule has 1 amide bonds. The number of hydrogen-bond acceptors (Lipinski definition) is 11. The lowest BCUT2D eigenvalue weighted by Crippen LogP contribution is -2.39. The second kappa shape index (κ2) is 9.02. The summed E-state index contributed by atoms with van der Waals surface area (Å²) < 4.78 is 58.9. The second-order valence-corrected chi connectivity index (χ2v) is 8.74. The van der Waals surface area contributed by atoms with Gasteiger partial charge in [0.2, 0.25) is 0 Å². The molecule has 0 saturated heterocycles. The molecule has 0 bridgehead atoms. The van der Waals surface area contributed by atoms with E-state index in [1.807, 2.05) is 0 Å². The maximum atomic E-state index is 12.8. The first-order valence-corrected chi connectivity index (χ1v) is 10.9. The van der Waals surface area contributed by atoms with Crippen LogP contribution in [0, 0.1) is 20.2 Å². The van der Waals surface area contributed by atoms with Crippen molar-refractivity contribution in [3.8, 4) is 0 Å². The van der Waals surface area contributed by atoms with Gasteiger partial charge in [0.1, 0.15) is 0 Å². The number of carbonyl (C=O) groups excluding carboxylic acids is 1. The Morgan fingerprint density at radius 1 is 0.871 bits per heavy atom. The summed E-state index contributed by atoms with van der Waals surface area (Å²) in [5.41, 5.74) is -0.902. The largest absolute Gasteiger partial charge is 0.450 e. The van der Waals surface area contributed by atoms with Crippen LogP contribution >= 0.6 is 0 Å². The lowest BCUT2D eigenvalue weighted by molar-refractivity contribution is -0.385. The Morgan fingerprint density at radius 3 is 1.68 bits per heavy atom. The first kappa shape index (κ1) is 23.6. The van der Waals surface area contributed by atoms with Crippen molar-refractivity contribution in [3.63, 3.8) is 0 Å². The molecular formula is C15H13N3O11S2. The Morgan fingerprint density at radius 2 is 1.29 bits per heavy atom. The molecule has 166 valence electrons. The third-order valence-electron chi connectivity index (χ3n) is 3.48. The van der Waals surface area contributed by atoms with E-state index < -0.39 is 61.7 Å². The quantitative estimate of drug-likeness (QED) is 0.400. The number of ether oxygens (including phenoxy) is 1. The number of benzene rings is 2. The molecule has 31 heavy (non-hydrogen) atoms. The average molecular weight is 475 g/mol. The summed E-state index contributed by atoms with van der Waals surface area (Å²) in [4.78, 5) is 30.6. The van der Waals surface area contributed by atoms with Crippen LogP contribution in [0.1, 0.15) is 6.92 Å². The Hall–Kier alpha value is -3.63. The molecule has 16 heteroatoms. The van der Waals surface area contributed by atoms with E-state index in [0.29, 0.717) is 0 Å². The number of carbonyl (C=O) groups is 1. The van der Waals surface area contributed by atoms with Gasteiger partial charge in [0.05, 0.1) is 26.2 Å². The van der Waals surface area contributed by atoms with Crippen molar-refractivity contribution in [3.05, 3.63) is 68.8 Å². The summed E-state index contributed by atoms with van der Waals surface area (Å²) in [6.07, 6.45) is -1.70. The fourth-order valence-electron chi connectivity index (χ4n) is 2.05. The summed E-state index contributed by atoms with van der Waals surface area (Å²) in [5, 5.41) is 21.4. The summed E-state index contributed by atoms with van der Waals surface area (Å²) >= 11 is 0. The van der Waals surface area contributed by atoms with Crippen molar-refractivity contribution in [2.75, 3.05) is 6.61 Å². The van der Waals surface area contributed by atoms with E-state index in [1.54, 1.807) is 0 Å². The van der Waals surface area contributed by atoms with Crippen LogP contribution < -0.4 is 0 Å². The van der Waals surface area contributed by atoms with Crippen molar-refractivity contribution in [2.24, 2.45) is 0 Å². The van der Waals surface area contributed by atoms with E-state index in [4.69, 9.17) is 0 Å². The third kappa shape index (κ3) is 5.30. The van der Waals surface area contributed by atoms with Gasteiger partial charge in [-0.2, -0.15) is 16.8 Å². The molecular weight excluding hydrogens is 462 g/mol. The lowest BCUT2D eigenvalue weighted by Gasteiger charge is -2.19. The number of non-ortho nitro benzene ring substituents is 2. The van der Waals surface area contributed by atoms with Crippen LogP contribution in [0.5, 0.6) is 0 Å². The minimum absolute atomic E-state index is 0.341. The van der Waals surface area contributed by atoms with Gasteiger partial charge < -0.3 is 4.74 Å². The SMILES string of the molecule is CCOC(=O)N(OS(=O)(=O)c1ccc([N+](=O)[O-])cc1)S(=O)(=O)c1ccc([N+](=O)[O-])cc1. The zero-order chi connectivity index (χ0) is 23.4. The van der Waals surface area contributed by atoms with E-state index in [2.05, 4.69) is 9.02 Å². The number of hydroxylamine groups is 1. The fourth-order valence-corrected chi connectivity index (χ4v) is 4.32. The molecule has 0 aromatic heterocycles. The number of nitro benzene ring substituents is 2. The van der Waals surface area contributed by atoms with Gasteiger partial charge in [0.25, 0.3) is 21.4 Å². The van der Waals surface area contributed by atoms with E-state index >= 15 is 0 Å². The van der Waals surface area contributed by atoms with Gasteiger partial charge >= 0.3 is 16.2 Å². The van der Waals surface area contributed by atoms with Crippen LogP contribution in [0.25, 0.3) is 0 Å². The van der Waals surface area contributed by atoms with Crippen molar-refractivity contribution in [2.45, 2.75) is 16.7 Å². The molecule has 0 N–H and O–H groups in total. The number of sulfonamides is 1. The predicted molar refractivity (Wildman–Crippen MR) is 101 cm³/mol. The zero-order valence-electron chi connectivity index (χ0n) is 15.5. The first-order valence-electron chi connectivity index (χ1n) is 8.05. The van der Waals surface area contributed by atoms with Crippen LogP contribution in [0.2, 0.25) is 0 Å². The molecule has 0 spiro atoms. The highest BCUT2D eigenvalue weighted by Gasteiger charge is 2.37. The number of rotatable bonds is 8. The van der Waals surface area contributed by atoms with Crippen LogP contribution in [-0.4, -0.2) is 43.9 Å². The van der Waals surface area contributed by atoms with Crippen LogP contribution in [-0.2, 0) is 29.2 Å². The Bertz CT molecular complexity index is 1210. The smallest absolute Gasteiger partial charge is 0.447 e. The van der Waals surface area contributed by atoms with Gasteiger partial charge in [0.15, 0.2) is 0 Å². The molecule has 2 rings (SSSR count). The fraction of sp³-hybridized carbons (Fsp3) is 0.133. The number of amides is 1. The number of hydrogen-bond donors (Lipinski definition) is 0. The van der Waals surface area contributed by atoms with E-state index in [1.165, 1.54) is 6.92 Å². The van der Waals surface area contributed by atoms with Gasteiger partial charge in [-0.15, -0.1) is 4.28 Å². The molecule has 2 aromatic carbocycles. The maximum absolute atomic E-state index is 12.8. The van der Waals surface area contributed by atoms with Crippen LogP contribution in [0.4, 0.5) is 16.2 Å². The molecule has 0 saturated carbocycles. The van der Waals surface area contributed by atoms with Crippen LogP contribution in [0.15, 0.2) is 58.3 Å². The summed E-state index contributed by atoms with van der Waals surface area (Å²) in [7, 11) is -9.96. The van der Waals surface area contributed by atoms with Gasteiger partial charge in [-0.25, -0.2) is 4.79 Å². The van der Waals surface area contributed by atoms with Crippen molar-refractivity contribution in [1.29, 1.82) is 0 Å². The molecule has 0 atom stereocenters. The van der Waals surface area contributed by atoms with E-state index in [-0.39, 0.29) is 6.61 Å². The molecule has 0 aliphatic carbocycles. The van der Waals surface area contributed by atoms with E-state index in [9.17, 15) is 41.9 Å². The van der Waals surface area contributed by atoms with Crippen molar-refractivity contribution in [1.82, 2.24) is 4.47 Å². The molecule has 0 radical (unpaired) electrons. The Balaban J connectivity index is 2.46. The summed E-state index contributed by atoms with van der Waals surface area (Å²) in [5.74, 6) is 0. The minimum atomic E-state index is -5.00. The molecule has 0 aliphatic heterocycles. The first-order chi connectivity index (χ1) is 14.4. The zero-order valence-corrected chi connectivity index (χ0v) is 17.1. The van der Waals surface area contributed by atoms with E-state index in [0.717, 1.165) is 48.5 Å². The highest BCUT2D eigenvalue weighted by Crippen LogP contribution is 2.24. The highest BCUT2D eigenvalue weighted by atomic mass is 32.2. The van der Waals surface area contributed by atoms with Crippen molar-refractivity contribution >= 4 is 37.6 Å². The minimum Gasteiger partial charge on any atom is -0.447 e. The molecule has 0 unspecified atom stereocenters. The Labute approximate surface area is 175 Å². The number of nitrogens with zero attached hydrogens (tertiary/aromatic N) is 3. The standard InChI is InChI=1S/C15H13N3O11S2/c1-2-28-15(19)18(30(24,25)13-7-3-11(4-8-13)16(20)21)29-31(26,27)14-9-5-12(6-10-14)17(22)23/h3-10H,2H2,1H3. The molecule has 0 aliphatic rings. The normalized spacial score (nSPS) is 11.5. The molecule has 0 heterocycles. The topological polar surface area (TPSA) is 193 Å². The predicted octanol–water partition coefficient (Wildman–Crippen LogP) is 1.97. The van der Waals surface area contributed by atoms with Gasteiger partial charge in [-0.05, 0) is 31.2 Å². The third-order valence-corrected chi connectivity index (χ3v) is 6.30. The van der Waals surface area contributed by atoms with Crippen LogP contribution in [0.3, 0.4) is 0 Å². The number of nitro groups is 2. The lowest BCUT2D eigenvalue weighted by atomic mass is 10.3. The highest BCUT2D eigenvalue weighted by molar-refractivity contribution is 7.91. The Kier molecular flexibility index (Phi) is 6.88. The molecule has 0 fully saturated rings. The second-order valence-electron chi connectivity index (χ2n) is 5.46. The van der Waals surface area contributed by atoms with Gasteiger partial charge in [-0.1, -0.05) is 4.47 Å². The molecule has 2 aromatic rings. The van der Waals surface area contributed by atoms with Gasteiger partial charge in [0, 0.05) is 24.3 Å². The molecule has 14 nitrogen and oxygen atoms in total. The maximum Gasteiger partial charge on any atom is 0.450 e. The summed E-state index contributed by atoms with van der Waals surface area (Å²) in [6.45, 7) is 0.978. The van der Waals surface area contributed by atoms with Crippen molar-refractivity contribution < 1.29 is 40.5 Å².